The maximum absolute atomic E-state index is 11.8. The van der Waals surface area contributed by atoms with E-state index in [1.807, 2.05) is 12.1 Å². The van der Waals surface area contributed by atoms with Crippen molar-refractivity contribution in [1.29, 1.82) is 5.26 Å². The Morgan fingerprint density at radius 2 is 2.32 bits per heavy atom. The van der Waals surface area contributed by atoms with Gasteiger partial charge in [0, 0.05) is 4.47 Å². The third kappa shape index (κ3) is 2.30. The van der Waals surface area contributed by atoms with Gasteiger partial charge in [0.15, 0.2) is 11.4 Å². The van der Waals surface area contributed by atoms with Crippen LogP contribution in [0, 0.1) is 11.3 Å². The summed E-state index contributed by atoms with van der Waals surface area (Å²) < 4.78 is 6.78. The number of nitriles is 1. The minimum absolute atomic E-state index is 0.00863. The molecule has 0 saturated heterocycles. The summed E-state index contributed by atoms with van der Waals surface area (Å²) in [5, 5.41) is 13.0. The van der Waals surface area contributed by atoms with Crippen molar-refractivity contribution < 1.29 is 9.53 Å². The maximum atomic E-state index is 11.8. The summed E-state index contributed by atoms with van der Waals surface area (Å²) in [5.74, 6) is -0.647. The molecule has 0 saturated carbocycles. The highest BCUT2D eigenvalue weighted by Crippen LogP contribution is 2.23. The molecule has 0 fully saturated rings. The second-order valence-corrected chi connectivity index (χ2v) is 4.52. The van der Waals surface area contributed by atoms with Crippen LogP contribution in [-0.2, 0) is 4.74 Å². The van der Waals surface area contributed by atoms with Crippen molar-refractivity contribution in [1.82, 2.24) is 9.78 Å². The topological polar surface area (TPSA) is 93.9 Å². The highest BCUT2D eigenvalue weighted by molar-refractivity contribution is 9.10. The minimum Gasteiger partial charge on any atom is -0.464 e. The van der Waals surface area contributed by atoms with Crippen LogP contribution in [0.15, 0.2) is 28.7 Å². The molecule has 2 rings (SSSR count). The van der Waals surface area contributed by atoms with E-state index in [1.54, 1.807) is 18.2 Å². The van der Waals surface area contributed by atoms with Gasteiger partial charge < -0.3 is 10.5 Å². The van der Waals surface area contributed by atoms with Crippen molar-refractivity contribution in [2.45, 2.75) is 0 Å². The van der Waals surface area contributed by atoms with E-state index in [4.69, 9.17) is 11.0 Å². The molecule has 2 N–H and O–H groups in total. The van der Waals surface area contributed by atoms with E-state index in [0.717, 1.165) is 4.47 Å². The zero-order valence-corrected chi connectivity index (χ0v) is 11.5. The number of benzene rings is 1. The first kappa shape index (κ1) is 13.1. The van der Waals surface area contributed by atoms with E-state index in [2.05, 4.69) is 25.8 Å². The molecule has 0 aliphatic carbocycles. The van der Waals surface area contributed by atoms with Gasteiger partial charge in [-0.1, -0.05) is 22.0 Å². The van der Waals surface area contributed by atoms with Crippen molar-refractivity contribution >= 4 is 27.6 Å². The van der Waals surface area contributed by atoms with Crippen LogP contribution in [0.4, 0.5) is 5.69 Å². The van der Waals surface area contributed by atoms with Crippen molar-refractivity contribution in [2.75, 3.05) is 12.8 Å². The molecular formula is C12H9BrN4O2. The van der Waals surface area contributed by atoms with Gasteiger partial charge in [-0.2, -0.15) is 10.4 Å². The fraction of sp³-hybridized carbons (Fsp3) is 0.0833. The van der Waals surface area contributed by atoms with Crippen LogP contribution in [0.25, 0.3) is 5.69 Å². The fourth-order valence-corrected chi connectivity index (χ4v) is 1.99. The van der Waals surface area contributed by atoms with Crippen LogP contribution in [-0.4, -0.2) is 22.9 Å². The second kappa shape index (κ2) is 5.12. The van der Waals surface area contributed by atoms with Crippen molar-refractivity contribution in [3.63, 3.8) is 0 Å². The molecule has 0 spiro atoms. The number of ether oxygens (including phenoxy) is 1. The minimum atomic E-state index is -0.647. The molecule has 0 unspecified atom stereocenters. The van der Waals surface area contributed by atoms with Crippen LogP contribution in [0.3, 0.4) is 0 Å². The molecule has 0 radical (unpaired) electrons. The zero-order chi connectivity index (χ0) is 14.0. The Morgan fingerprint density at radius 3 is 2.89 bits per heavy atom. The zero-order valence-electron chi connectivity index (χ0n) is 9.92. The molecule has 1 heterocycles. The Labute approximate surface area is 117 Å². The van der Waals surface area contributed by atoms with Gasteiger partial charge in [-0.05, 0) is 18.2 Å². The lowest BCUT2D eigenvalue weighted by Crippen LogP contribution is -2.12. The fourth-order valence-electron chi connectivity index (χ4n) is 1.60. The maximum Gasteiger partial charge on any atom is 0.359 e. The molecule has 0 atom stereocenters. The van der Waals surface area contributed by atoms with Gasteiger partial charge in [0.1, 0.15) is 11.8 Å². The van der Waals surface area contributed by atoms with Crippen LogP contribution in [0.5, 0.6) is 0 Å². The first-order chi connectivity index (χ1) is 9.08. The molecular weight excluding hydrogens is 312 g/mol. The Balaban J connectivity index is 2.70. The second-order valence-electron chi connectivity index (χ2n) is 3.61. The van der Waals surface area contributed by atoms with E-state index in [0.29, 0.717) is 5.69 Å². The summed E-state index contributed by atoms with van der Waals surface area (Å²) in [4.78, 5) is 11.8. The quantitative estimate of drug-likeness (QED) is 0.852. The molecule has 7 heteroatoms. The normalized spacial score (nSPS) is 9.95. The molecule has 1 aromatic carbocycles. The van der Waals surface area contributed by atoms with E-state index in [1.165, 1.54) is 11.8 Å². The lowest BCUT2D eigenvalue weighted by atomic mass is 10.3. The van der Waals surface area contributed by atoms with Gasteiger partial charge in [-0.3, -0.25) is 0 Å². The summed E-state index contributed by atoms with van der Waals surface area (Å²) in [5.41, 5.74) is 6.38. The van der Waals surface area contributed by atoms with Crippen molar-refractivity contribution in [3.8, 4) is 11.8 Å². The van der Waals surface area contributed by atoms with E-state index in [9.17, 15) is 4.79 Å². The number of hydrogen-bond acceptors (Lipinski definition) is 5. The predicted octanol–water partition coefficient (Wildman–Crippen LogP) is 1.88. The number of methoxy groups -OCH3 is 1. The third-order valence-electron chi connectivity index (χ3n) is 2.46. The Hall–Kier alpha value is -2.33. The molecule has 96 valence electrons. The number of esters is 1. The van der Waals surface area contributed by atoms with E-state index in [-0.39, 0.29) is 17.1 Å². The molecule has 0 bridgehead atoms. The molecule has 0 aliphatic rings. The molecule has 2 aromatic rings. The first-order valence-corrected chi connectivity index (χ1v) is 6.00. The Bertz CT molecular complexity index is 688. The number of nitrogens with two attached hydrogens (primary N) is 1. The van der Waals surface area contributed by atoms with E-state index >= 15 is 0 Å². The van der Waals surface area contributed by atoms with Gasteiger partial charge in [0.05, 0.1) is 12.8 Å². The Morgan fingerprint density at radius 1 is 1.58 bits per heavy atom. The number of hydrogen-bond donors (Lipinski definition) is 1. The number of aromatic nitrogens is 2. The molecule has 1 aromatic heterocycles. The molecule has 19 heavy (non-hydrogen) atoms. The van der Waals surface area contributed by atoms with Gasteiger partial charge in [-0.15, -0.1) is 0 Å². The number of nitrogens with zero attached hydrogens (tertiary/aromatic N) is 3. The number of anilines is 1. The van der Waals surface area contributed by atoms with Crippen molar-refractivity contribution in [3.05, 3.63) is 40.1 Å². The van der Waals surface area contributed by atoms with Gasteiger partial charge in [0.25, 0.3) is 0 Å². The number of carbonyl (C=O) groups is 1. The van der Waals surface area contributed by atoms with Crippen LogP contribution in [0.2, 0.25) is 0 Å². The Kier molecular flexibility index (Phi) is 3.53. The predicted molar refractivity (Wildman–Crippen MR) is 71.7 cm³/mol. The van der Waals surface area contributed by atoms with Crippen molar-refractivity contribution in [2.24, 2.45) is 0 Å². The number of carbonyl (C=O) groups excluding carboxylic acids is 1. The molecule has 0 aliphatic heterocycles. The first-order valence-electron chi connectivity index (χ1n) is 5.21. The van der Waals surface area contributed by atoms with Gasteiger partial charge in [0.2, 0.25) is 0 Å². The van der Waals surface area contributed by atoms with E-state index < -0.39 is 5.97 Å². The standard InChI is InChI=1S/C12H9BrN4O2/c1-19-12(18)11-10(15)9(6-14)16-17(11)8-4-2-3-7(13)5-8/h2-5H,15H2,1H3. The average molecular weight is 321 g/mol. The lowest BCUT2D eigenvalue weighted by Gasteiger charge is -2.06. The molecule has 6 nitrogen and oxygen atoms in total. The summed E-state index contributed by atoms with van der Waals surface area (Å²) in [6, 6.07) is 8.95. The summed E-state index contributed by atoms with van der Waals surface area (Å²) in [6.07, 6.45) is 0. The highest BCUT2D eigenvalue weighted by Gasteiger charge is 2.23. The van der Waals surface area contributed by atoms with Crippen LogP contribution >= 0.6 is 15.9 Å². The summed E-state index contributed by atoms with van der Waals surface area (Å²) in [6.45, 7) is 0. The third-order valence-corrected chi connectivity index (χ3v) is 2.95. The summed E-state index contributed by atoms with van der Waals surface area (Å²) in [7, 11) is 1.24. The van der Waals surface area contributed by atoms with Crippen LogP contribution < -0.4 is 5.73 Å². The average Bonchev–Trinajstić information content (AvgIpc) is 2.75. The summed E-state index contributed by atoms with van der Waals surface area (Å²) >= 11 is 3.33. The number of rotatable bonds is 2. The smallest absolute Gasteiger partial charge is 0.359 e. The van der Waals surface area contributed by atoms with Gasteiger partial charge in [-0.25, -0.2) is 9.48 Å². The number of halogens is 1. The SMILES string of the molecule is COC(=O)c1c(N)c(C#N)nn1-c1cccc(Br)c1. The lowest BCUT2D eigenvalue weighted by molar-refractivity contribution is 0.0591. The van der Waals surface area contributed by atoms with Gasteiger partial charge >= 0.3 is 5.97 Å². The number of nitrogen functional groups attached to an aromatic ring is 1. The highest BCUT2D eigenvalue weighted by atomic mass is 79.9. The van der Waals surface area contributed by atoms with Crippen LogP contribution in [0.1, 0.15) is 16.2 Å². The largest absolute Gasteiger partial charge is 0.464 e. The molecule has 0 amide bonds. The monoisotopic (exact) mass is 320 g/mol.